The third-order valence-electron chi connectivity index (χ3n) is 2.26. The summed E-state index contributed by atoms with van der Waals surface area (Å²) in [6.07, 6.45) is -0.656. The summed E-state index contributed by atoms with van der Waals surface area (Å²) in [5.74, 6) is 0. The minimum absolute atomic E-state index is 0.0231. The Morgan fingerprint density at radius 3 is 2.76 bits per heavy atom. The lowest BCUT2D eigenvalue weighted by atomic mass is 10.1. The molecular weight excluding hydrogens is 240 g/mol. The summed E-state index contributed by atoms with van der Waals surface area (Å²) in [4.78, 5) is 14.6. The summed E-state index contributed by atoms with van der Waals surface area (Å²) in [6, 6.07) is 6.43. The molecule has 0 spiro atoms. The standard InChI is InChI=1S/C11H10N2O3S/c1-7(14)11-12-9(6-17-11)8-4-2-3-5-10(8)13(15)16/h2-7,14H,1H3. The number of nitrogens with zero attached hydrogens (tertiary/aromatic N) is 2. The number of benzene rings is 1. The number of rotatable bonds is 3. The Labute approximate surface area is 102 Å². The van der Waals surface area contributed by atoms with Crippen LogP contribution in [0.25, 0.3) is 11.3 Å². The minimum Gasteiger partial charge on any atom is -0.386 e. The highest BCUT2D eigenvalue weighted by atomic mass is 32.1. The van der Waals surface area contributed by atoms with E-state index >= 15 is 0 Å². The molecule has 1 aromatic carbocycles. The van der Waals surface area contributed by atoms with Crippen LogP contribution in [-0.2, 0) is 0 Å². The van der Waals surface area contributed by atoms with Gasteiger partial charge in [0.25, 0.3) is 5.69 Å². The van der Waals surface area contributed by atoms with Gasteiger partial charge in [-0.15, -0.1) is 11.3 Å². The molecule has 0 aliphatic heterocycles. The van der Waals surface area contributed by atoms with Crippen molar-refractivity contribution in [3.8, 4) is 11.3 Å². The first kappa shape index (κ1) is 11.7. The molecule has 6 heteroatoms. The average molecular weight is 250 g/mol. The molecule has 0 aliphatic carbocycles. The molecule has 2 aromatic rings. The van der Waals surface area contributed by atoms with Crippen molar-refractivity contribution in [1.29, 1.82) is 0 Å². The number of para-hydroxylation sites is 1. The van der Waals surface area contributed by atoms with Crippen molar-refractivity contribution in [1.82, 2.24) is 4.98 Å². The van der Waals surface area contributed by atoms with Gasteiger partial charge in [0.2, 0.25) is 0 Å². The van der Waals surface area contributed by atoms with Gasteiger partial charge in [-0.2, -0.15) is 0 Å². The van der Waals surface area contributed by atoms with E-state index in [1.165, 1.54) is 17.4 Å². The molecule has 0 radical (unpaired) electrons. The molecule has 88 valence electrons. The largest absolute Gasteiger partial charge is 0.386 e. The quantitative estimate of drug-likeness (QED) is 0.671. The zero-order valence-electron chi connectivity index (χ0n) is 9.03. The molecule has 2 rings (SSSR count). The fourth-order valence-corrected chi connectivity index (χ4v) is 2.21. The molecule has 0 saturated carbocycles. The molecular formula is C11H10N2O3S. The highest BCUT2D eigenvalue weighted by Gasteiger charge is 2.17. The van der Waals surface area contributed by atoms with E-state index in [1.54, 1.807) is 30.5 Å². The lowest BCUT2D eigenvalue weighted by molar-refractivity contribution is -0.384. The fourth-order valence-electron chi connectivity index (χ4n) is 1.45. The SMILES string of the molecule is CC(O)c1nc(-c2ccccc2[N+](=O)[O-])cs1. The third kappa shape index (κ3) is 2.32. The Balaban J connectivity index is 2.49. The van der Waals surface area contributed by atoms with E-state index in [0.717, 1.165) is 0 Å². The molecule has 0 amide bonds. The predicted octanol–water partition coefficient (Wildman–Crippen LogP) is 2.77. The Hall–Kier alpha value is -1.79. The van der Waals surface area contributed by atoms with Crippen LogP contribution in [0.15, 0.2) is 29.6 Å². The molecule has 1 N–H and O–H groups in total. The summed E-state index contributed by atoms with van der Waals surface area (Å²) < 4.78 is 0. The first-order chi connectivity index (χ1) is 8.09. The predicted molar refractivity (Wildman–Crippen MR) is 64.8 cm³/mol. The van der Waals surface area contributed by atoms with Gasteiger partial charge in [0.1, 0.15) is 11.1 Å². The summed E-state index contributed by atoms with van der Waals surface area (Å²) in [5.41, 5.74) is 1.02. The second kappa shape index (κ2) is 4.60. The molecule has 1 atom stereocenters. The topological polar surface area (TPSA) is 76.3 Å². The normalized spacial score (nSPS) is 12.4. The van der Waals surface area contributed by atoms with Crippen molar-refractivity contribution < 1.29 is 10.0 Å². The maximum Gasteiger partial charge on any atom is 0.278 e. The van der Waals surface area contributed by atoms with Crippen LogP contribution in [-0.4, -0.2) is 15.0 Å². The number of thiazole rings is 1. The van der Waals surface area contributed by atoms with Crippen LogP contribution in [0.2, 0.25) is 0 Å². The first-order valence-corrected chi connectivity index (χ1v) is 5.85. The third-order valence-corrected chi connectivity index (χ3v) is 3.27. The van der Waals surface area contributed by atoms with Crippen LogP contribution in [0.4, 0.5) is 5.69 Å². The second-order valence-corrected chi connectivity index (χ2v) is 4.41. The number of nitro groups is 1. The number of nitro benzene ring substituents is 1. The van der Waals surface area contributed by atoms with Gasteiger partial charge in [-0.1, -0.05) is 12.1 Å². The van der Waals surface area contributed by atoms with Crippen molar-refractivity contribution in [2.75, 3.05) is 0 Å². The van der Waals surface area contributed by atoms with E-state index in [2.05, 4.69) is 4.98 Å². The van der Waals surface area contributed by atoms with Crippen LogP contribution in [0.5, 0.6) is 0 Å². The first-order valence-electron chi connectivity index (χ1n) is 4.97. The molecule has 0 bridgehead atoms. The van der Waals surface area contributed by atoms with Gasteiger partial charge in [-0.25, -0.2) is 4.98 Å². The van der Waals surface area contributed by atoms with Gasteiger partial charge in [0.05, 0.1) is 16.2 Å². The highest BCUT2D eigenvalue weighted by Crippen LogP contribution is 2.31. The van der Waals surface area contributed by atoms with E-state index in [4.69, 9.17) is 0 Å². The molecule has 5 nitrogen and oxygen atoms in total. The van der Waals surface area contributed by atoms with Crippen molar-refractivity contribution >= 4 is 17.0 Å². The Bertz CT molecular complexity index is 551. The molecule has 1 aromatic heterocycles. The number of aliphatic hydroxyl groups is 1. The van der Waals surface area contributed by atoms with Crippen molar-refractivity contribution in [3.63, 3.8) is 0 Å². The maximum absolute atomic E-state index is 10.9. The minimum atomic E-state index is -0.656. The number of aromatic nitrogens is 1. The Morgan fingerprint density at radius 2 is 2.18 bits per heavy atom. The number of hydrogen-bond acceptors (Lipinski definition) is 5. The van der Waals surface area contributed by atoms with E-state index < -0.39 is 11.0 Å². The van der Waals surface area contributed by atoms with E-state index in [9.17, 15) is 15.2 Å². The van der Waals surface area contributed by atoms with Crippen LogP contribution in [0, 0.1) is 10.1 Å². The molecule has 0 saturated heterocycles. The summed E-state index contributed by atoms with van der Waals surface area (Å²) in [6.45, 7) is 1.61. The zero-order chi connectivity index (χ0) is 12.4. The molecule has 0 fully saturated rings. The summed E-state index contributed by atoms with van der Waals surface area (Å²) in [5, 5.41) is 22.5. The van der Waals surface area contributed by atoms with Crippen LogP contribution >= 0.6 is 11.3 Å². The van der Waals surface area contributed by atoms with Gasteiger partial charge in [-0.3, -0.25) is 10.1 Å². The smallest absolute Gasteiger partial charge is 0.278 e. The van der Waals surface area contributed by atoms with Gasteiger partial charge in [-0.05, 0) is 13.0 Å². The van der Waals surface area contributed by atoms with Gasteiger partial charge in [0, 0.05) is 11.4 Å². The second-order valence-electron chi connectivity index (χ2n) is 3.52. The van der Waals surface area contributed by atoms with E-state index in [1.807, 2.05) is 0 Å². The van der Waals surface area contributed by atoms with Gasteiger partial charge < -0.3 is 5.11 Å². The zero-order valence-corrected chi connectivity index (χ0v) is 9.85. The number of hydrogen-bond donors (Lipinski definition) is 1. The average Bonchev–Trinajstić information content (AvgIpc) is 2.78. The van der Waals surface area contributed by atoms with E-state index in [-0.39, 0.29) is 5.69 Å². The summed E-state index contributed by atoms with van der Waals surface area (Å²) >= 11 is 1.29. The van der Waals surface area contributed by atoms with Crippen molar-refractivity contribution in [3.05, 3.63) is 44.8 Å². The number of aliphatic hydroxyl groups excluding tert-OH is 1. The lowest BCUT2D eigenvalue weighted by Crippen LogP contribution is -1.93. The highest BCUT2D eigenvalue weighted by molar-refractivity contribution is 7.10. The van der Waals surface area contributed by atoms with Gasteiger partial charge in [0.15, 0.2) is 0 Å². The monoisotopic (exact) mass is 250 g/mol. The Kier molecular flexibility index (Phi) is 3.16. The maximum atomic E-state index is 10.9. The summed E-state index contributed by atoms with van der Waals surface area (Å²) in [7, 11) is 0. The van der Waals surface area contributed by atoms with Crippen molar-refractivity contribution in [2.24, 2.45) is 0 Å². The van der Waals surface area contributed by atoms with Gasteiger partial charge >= 0.3 is 0 Å². The fraction of sp³-hybridized carbons (Fsp3) is 0.182. The van der Waals surface area contributed by atoms with E-state index in [0.29, 0.717) is 16.3 Å². The molecule has 1 heterocycles. The van der Waals surface area contributed by atoms with Crippen molar-refractivity contribution in [2.45, 2.75) is 13.0 Å². The Morgan fingerprint density at radius 1 is 1.47 bits per heavy atom. The molecule has 17 heavy (non-hydrogen) atoms. The van der Waals surface area contributed by atoms with Crippen LogP contribution in [0.1, 0.15) is 18.0 Å². The van der Waals surface area contributed by atoms with Crippen LogP contribution < -0.4 is 0 Å². The lowest BCUT2D eigenvalue weighted by Gasteiger charge is -1.99. The molecule has 0 aliphatic rings. The van der Waals surface area contributed by atoms with Crippen LogP contribution in [0.3, 0.4) is 0 Å². The molecule has 1 unspecified atom stereocenters.